The maximum atomic E-state index is 10.7. The second kappa shape index (κ2) is 23.9. The van der Waals surface area contributed by atoms with Crippen molar-refractivity contribution in [3.05, 3.63) is 35.9 Å². The lowest BCUT2D eigenvalue weighted by Crippen LogP contribution is -2.12. The number of Topliss-reactive ketones (excluding diaryl/α,β-unsaturated/α-hetero) is 1. The second-order valence-electron chi connectivity index (χ2n) is 8.15. The molecule has 7 heteroatoms. The lowest BCUT2D eigenvalue weighted by molar-refractivity contribution is -0.146. The van der Waals surface area contributed by atoms with Gasteiger partial charge in [0, 0.05) is 33.5 Å². The van der Waals surface area contributed by atoms with Crippen LogP contribution in [0.15, 0.2) is 30.3 Å². The molecule has 1 aromatic rings. The zero-order valence-electron chi connectivity index (χ0n) is 22.0. The molecule has 196 valence electrons. The quantitative estimate of drug-likeness (QED) is 0.279. The molecule has 0 radical (unpaired) electrons. The highest BCUT2D eigenvalue weighted by Crippen LogP contribution is 2.06. The molecule has 0 bridgehead atoms. The molecule has 2 unspecified atom stereocenters. The third kappa shape index (κ3) is 27.8. The van der Waals surface area contributed by atoms with Crippen molar-refractivity contribution in [2.24, 2.45) is 0 Å². The van der Waals surface area contributed by atoms with Gasteiger partial charge in [0.05, 0.1) is 18.8 Å². The van der Waals surface area contributed by atoms with E-state index in [0.29, 0.717) is 13.0 Å². The van der Waals surface area contributed by atoms with Gasteiger partial charge in [0.2, 0.25) is 0 Å². The van der Waals surface area contributed by atoms with Crippen LogP contribution in [0, 0.1) is 0 Å². The summed E-state index contributed by atoms with van der Waals surface area (Å²) in [7, 11) is 0. The molecule has 0 heterocycles. The van der Waals surface area contributed by atoms with E-state index in [9.17, 15) is 14.4 Å². The number of hydrogen-bond donors (Lipinski definition) is 1. The largest absolute Gasteiger partial charge is 0.463 e. The standard InChI is InChI=1S/C15H22O3.C8H16O3.C4H8O/c1-13(18-14(2)16)8-6-7-11-17-12-15-9-4-3-5-10-15;1-7(11-8(2)10)5-3-4-6-9;1-3-4(2)5/h3-5,9-10,13H,6-8,11-12H2,1-2H3;7,9H,3-6H2,1-2H3;3H2,1-2H3. The summed E-state index contributed by atoms with van der Waals surface area (Å²) in [6.07, 6.45) is 6.10. The van der Waals surface area contributed by atoms with Gasteiger partial charge in [0.15, 0.2) is 0 Å². The van der Waals surface area contributed by atoms with E-state index in [0.717, 1.165) is 45.1 Å². The van der Waals surface area contributed by atoms with Crippen molar-refractivity contribution in [3.8, 4) is 0 Å². The van der Waals surface area contributed by atoms with Gasteiger partial charge < -0.3 is 24.1 Å². The number of carbonyl (C=O) groups is 3. The van der Waals surface area contributed by atoms with Crippen molar-refractivity contribution in [2.45, 2.75) is 105 Å². The summed E-state index contributed by atoms with van der Waals surface area (Å²) in [4.78, 5) is 30.9. The van der Waals surface area contributed by atoms with Crippen molar-refractivity contribution in [2.75, 3.05) is 13.2 Å². The van der Waals surface area contributed by atoms with E-state index < -0.39 is 0 Å². The minimum atomic E-state index is -0.235. The Morgan fingerprint density at radius 2 is 1.29 bits per heavy atom. The fourth-order valence-electron chi connectivity index (χ4n) is 2.63. The van der Waals surface area contributed by atoms with Crippen LogP contribution in [0.4, 0.5) is 0 Å². The van der Waals surface area contributed by atoms with E-state index >= 15 is 0 Å². The number of unbranched alkanes of at least 4 members (excludes halogenated alkanes) is 2. The molecule has 0 aliphatic heterocycles. The van der Waals surface area contributed by atoms with Gasteiger partial charge in [-0.3, -0.25) is 9.59 Å². The van der Waals surface area contributed by atoms with Gasteiger partial charge in [-0.2, -0.15) is 0 Å². The van der Waals surface area contributed by atoms with Crippen LogP contribution in [0.25, 0.3) is 0 Å². The number of aliphatic hydroxyl groups excluding tert-OH is 1. The van der Waals surface area contributed by atoms with Crippen molar-refractivity contribution < 1.29 is 33.7 Å². The van der Waals surface area contributed by atoms with Gasteiger partial charge in [0.1, 0.15) is 5.78 Å². The zero-order chi connectivity index (χ0) is 26.2. The predicted molar refractivity (Wildman–Crippen MR) is 134 cm³/mol. The Labute approximate surface area is 206 Å². The molecule has 34 heavy (non-hydrogen) atoms. The van der Waals surface area contributed by atoms with Gasteiger partial charge in [0.25, 0.3) is 0 Å². The van der Waals surface area contributed by atoms with E-state index in [1.54, 1.807) is 6.92 Å². The Bertz CT molecular complexity index is 631. The lowest BCUT2D eigenvalue weighted by atomic mass is 10.2. The maximum Gasteiger partial charge on any atom is 0.302 e. The molecule has 7 nitrogen and oxygen atoms in total. The average molecular weight is 483 g/mol. The van der Waals surface area contributed by atoms with Crippen molar-refractivity contribution in [1.29, 1.82) is 0 Å². The Morgan fingerprint density at radius 1 is 0.824 bits per heavy atom. The van der Waals surface area contributed by atoms with Gasteiger partial charge in [-0.15, -0.1) is 0 Å². The molecule has 1 aromatic carbocycles. The normalized spacial score (nSPS) is 11.6. The smallest absolute Gasteiger partial charge is 0.302 e. The number of aliphatic hydroxyl groups is 1. The molecular formula is C27H46O7. The Hall–Kier alpha value is -2.25. The van der Waals surface area contributed by atoms with Gasteiger partial charge in [-0.25, -0.2) is 0 Å². The molecule has 0 amide bonds. The fraction of sp³-hybridized carbons (Fsp3) is 0.667. The van der Waals surface area contributed by atoms with Crippen LogP contribution in [-0.4, -0.2) is 48.3 Å². The van der Waals surface area contributed by atoms with Crippen molar-refractivity contribution >= 4 is 17.7 Å². The number of ketones is 1. The summed E-state index contributed by atoms with van der Waals surface area (Å²) in [5.74, 6) is -0.186. The Balaban J connectivity index is 0. The minimum Gasteiger partial charge on any atom is -0.463 e. The number of hydrogen-bond acceptors (Lipinski definition) is 7. The topological polar surface area (TPSA) is 99.1 Å². The summed E-state index contributed by atoms with van der Waals surface area (Å²) < 4.78 is 15.5. The maximum absolute atomic E-state index is 10.7. The molecule has 0 fully saturated rings. The summed E-state index contributed by atoms with van der Waals surface area (Å²) in [5, 5.41) is 8.45. The molecule has 0 saturated heterocycles. The third-order valence-electron chi connectivity index (χ3n) is 4.51. The Morgan fingerprint density at radius 3 is 1.71 bits per heavy atom. The zero-order valence-corrected chi connectivity index (χ0v) is 22.0. The van der Waals surface area contributed by atoms with Gasteiger partial charge in [-0.1, -0.05) is 37.3 Å². The van der Waals surface area contributed by atoms with Crippen LogP contribution in [0.5, 0.6) is 0 Å². The number of rotatable bonds is 14. The molecule has 0 aliphatic carbocycles. The molecular weight excluding hydrogens is 436 g/mol. The minimum absolute atomic E-state index is 0.0108. The average Bonchev–Trinajstić information content (AvgIpc) is 2.77. The molecule has 0 saturated carbocycles. The van der Waals surface area contributed by atoms with E-state index in [1.165, 1.54) is 19.4 Å². The molecule has 2 atom stereocenters. The summed E-state index contributed by atoms with van der Waals surface area (Å²) >= 11 is 0. The first-order chi connectivity index (χ1) is 16.1. The van der Waals surface area contributed by atoms with Crippen molar-refractivity contribution in [1.82, 2.24) is 0 Å². The van der Waals surface area contributed by atoms with Gasteiger partial charge in [-0.05, 0) is 64.9 Å². The first-order valence-corrected chi connectivity index (χ1v) is 12.2. The summed E-state index contributed by atoms with van der Waals surface area (Å²) in [6.45, 7) is 11.7. The van der Waals surface area contributed by atoms with E-state index in [-0.39, 0.29) is 36.5 Å². The molecule has 0 aromatic heterocycles. The van der Waals surface area contributed by atoms with Crippen LogP contribution in [0.1, 0.15) is 92.1 Å². The van der Waals surface area contributed by atoms with Crippen LogP contribution in [-0.2, 0) is 35.2 Å². The molecule has 0 aliphatic rings. The SMILES string of the molecule is CC(=O)OC(C)CCCCO.CC(=O)OC(C)CCCCOCc1ccccc1.CCC(C)=O. The van der Waals surface area contributed by atoms with Crippen molar-refractivity contribution in [3.63, 3.8) is 0 Å². The number of ether oxygens (including phenoxy) is 3. The summed E-state index contributed by atoms with van der Waals surface area (Å²) in [5.41, 5.74) is 1.20. The molecule has 0 spiro atoms. The predicted octanol–water partition coefficient (Wildman–Crippen LogP) is 5.41. The number of benzene rings is 1. The molecule has 1 N–H and O–H groups in total. The second-order valence-corrected chi connectivity index (χ2v) is 8.15. The highest BCUT2D eigenvalue weighted by atomic mass is 16.5. The third-order valence-corrected chi connectivity index (χ3v) is 4.51. The first-order valence-electron chi connectivity index (χ1n) is 12.2. The van der Waals surface area contributed by atoms with E-state index in [2.05, 4.69) is 12.1 Å². The monoisotopic (exact) mass is 482 g/mol. The summed E-state index contributed by atoms with van der Waals surface area (Å²) in [6, 6.07) is 10.1. The van der Waals surface area contributed by atoms with E-state index in [4.69, 9.17) is 19.3 Å². The van der Waals surface area contributed by atoms with E-state index in [1.807, 2.05) is 39.0 Å². The highest BCUT2D eigenvalue weighted by molar-refractivity contribution is 5.74. The van der Waals surface area contributed by atoms with Crippen LogP contribution >= 0.6 is 0 Å². The van der Waals surface area contributed by atoms with Gasteiger partial charge >= 0.3 is 11.9 Å². The lowest BCUT2D eigenvalue weighted by Gasteiger charge is -2.11. The number of esters is 2. The fourth-order valence-corrected chi connectivity index (χ4v) is 2.63. The first kappa shape index (κ1) is 33.9. The number of carbonyl (C=O) groups excluding carboxylic acids is 3. The van der Waals surface area contributed by atoms with Crippen LogP contribution < -0.4 is 0 Å². The van der Waals surface area contributed by atoms with Crippen LogP contribution in [0.2, 0.25) is 0 Å². The van der Waals surface area contributed by atoms with Crippen LogP contribution in [0.3, 0.4) is 0 Å². The highest BCUT2D eigenvalue weighted by Gasteiger charge is 2.05. The Kier molecular flexibility index (Phi) is 23.8. The molecule has 1 rings (SSSR count).